The number of para-hydroxylation sites is 1. The standard InChI is InChI=1S/C24H15NO6S2/c26-23(30-16-9-3-1-4-10-16)25(33(28,29)17-11-5-2-6-12-17)20-15-21-22(31-24(27)32-21)19-14-8-7-13-18(19)20/h1-15H. The maximum absolute atomic E-state index is 13.7. The molecular weight excluding hydrogens is 462 g/mol. The van der Waals surface area contributed by atoms with Crippen molar-refractivity contribution in [2.45, 2.75) is 4.90 Å². The summed E-state index contributed by atoms with van der Waals surface area (Å²) in [4.78, 5) is 24.7. The van der Waals surface area contributed by atoms with Gasteiger partial charge in [-0.05, 0) is 30.3 Å². The fourth-order valence-corrected chi connectivity index (χ4v) is 5.58. The van der Waals surface area contributed by atoms with E-state index < -0.39 is 21.1 Å². The molecule has 0 saturated heterocycles. The summed E-state index contributed by atoms with van der Waals surface area (Å²) in [6.45, 7) is 0. The third-order valence-corrected chi connectivity index (χ3v) is 7.40. The summed E-state index contributed by atoms with van der Waals surface area (Å²) < 4.78 is 39.2. The van der Waals surface area contributed by atoms with Gasteiger partial charge >= 0.3 is 11.0 Å². The molecule has 0 aliphatic carbocycles. The van der Waals surface area contributed by atoms with Crippen LogP contribution in [0.3, 0.4) is 0 Å². The van der Waals surface area contributed by atoms with Crippen LogP contribution in [0.5, 0.6) is 5.75 Å². The van der Waals surface area contributed by atoms with Crippen molar-refractivity contribution in [3.63, 3.8) is 0 Å². The van der Waals surface area contributed by atoms with Crippen LogP contribution in [0.2, 0.25) is 0 Å². The Kier molecular flexibility index (Phi) is 5.20. The second-order valence-corrected chi connectivity index (χ2v) is 9.75. The van der Waals surface area contributed by atoms with E-state index in [1.165, 1.54) is 18.2 Å². The van der Waals surface area contributed by atoms with Crippen LogP contribution in [-0.2, 0) is 10.0 Å². The monoisotopic (exact) mass is 477 g/mol. The third kappa shape index (κ3) is 3.77. The maximum atomic E-state index is 13.7. The molecule has 5 aromatic rings. The summed E-state index contributed by atoms with van der Waals surface area (Å²) in [6.07, 6.45) is -1.11. The molecule has 0 spiro atoms. The van der Waals surface area contributed by atoms with E-state index >= 15 is 0 Å². The van der Waals surface area contributed by atoms with Gasteiger partial charge in [0.1, 0.15) is 5.75 Å². The summed E-state index contributed by atoms with van der Waals surface area (Å²) in [5.41, 5.74) is 0.387. The highest BCUT2D eigenvalue weighted by atomic mass is 32.2. The lowest BCUT2D eigenvalue weighted by Crippen LogP contribution is -2.39. The molecule has 0 N–H and O–H groups in total. The number of sulfonamides is 1. The number of nitrogens with zero attached hydrogens (tertiary/aromatic N) is 1. The minimum atomic E-state index is -4.37. The molecule has 0 unspecified atom stereocenters. The third-order valence-electron chi connectivity index (χ3n) is 4.93. The Bertz CT molecular complexity index is 1640. The van der Waals surface area contributed by atoms with E-state index in [1.54, 1.807) is 72.8 Å². The smallest absolute Gasteiger partial charge is 0.413 e. The van der Waals surface area contributed by atoms with E-state index in [1.807, 2.05) is 0 Å². The Morgan fingerprint density at radius 3 is 2.15 bits per heavy atom. The van der Waals surface area contributed by atoms with Gasteiger partial charge in [0, 0.05) is 10.8 Å². The second kappa shape index (κ2) is 8.19. The molecule has 1 heterocycles. The zero-order valence-electron chi connectivity index (χ0n) is 16.9. The van der Waals surface area contributed by atoms with Gasteiger partial charge in [-0.1, -0.05) is 72.0 Å². The van der Waals surface area contributed by atoms with Gasteiger partial charge in [-0.2, -0.15) is 4.31 Å². The van der Waals surface area contributed by atoms with Crippen molar-refractivity contribution in [3.8, 4) is 5.75 Å². The number of anilines is 1. The first-order valence-corrected chi connectivity index (χ1v) is 12.0. The zero-order valence-corrected chi connectivity index (χ0v) is 18.5. The number of hydrogen-bond donors (Lipinski definition) is 0. The van der Waals surface area contributed by atoms with Crippen molar-refractivity contribution in [2.24, 2.45) is 0 Å². The van der Waals surface area contributed by atoms with Crippen molar-refractivity contribution in [3.05, 3.63) is 101 Å². The fourth-order valence-electron chi connectivity index (χ4n) is 3.50. The van der Waals surface area contributed by atoms with Crippen LogP contribution in [0.25, 0.3) is 21.1 Å². The molecule has 9 heteroatoms. The SMILES string of the molecule is O=C(Oc1ccccc1)N(c1cc2sc(=O)oc2c2ccccc12)S(=O)(=O)c1ccccc1. The van der Waals surface area contributed by atoms with Crippen molar-refractivity contribution in [2.75, 3.05) is 4.31 Å². The van der Waals surface area contributed by atoms with Gasteiger partial charge in [0.25, 0.3) is 10.0 Å². The van der Waals surface area contributed by atoms with Crippen molar-refractivity contribution >= 4 is 54.2 Å². The lowest BCUT2D eigenvalue weighted by atomic mass is 10.1. The van der Waals surface area contributed by atoms with Crippen LogP contribution < -0.4 is 14.0 Å². The number of fused-ring (bicyclic) bond motifs is 3. The molecule has 5 rings (SSSR count). The molecule has 0 aliphatic heterocycles. The summed E-state index contributed by atoms with van der Waals surface area (Å²) in [5, 5.41) is 0.917. The summed E-state index contributed by atoms with van der Waals surface area (Å²) >= 11 is 0.825. The molecular formula is C24H15NO6S2. The van der Waals surface area contributed by atoms with Gasteiger partial charge in [0.2, 0.25) is 0 Å². The highest BCUT2D eigenvalue weighted by Gasteiger charge is 2.34. The van der Waals surface area contributed by atoms with Crippen molar-refractivity contribution in [1.29, 1.82) is 0 Å². The fraction of sp³-hybridized carbons (Fsp3) is 0. The minimum absolute atomic E-state index is 0.0555. The Balaban J connectivity index is 1.78. The van der Waals surface area contributed by atoms with Crippen LogP contribution in [0.1, 0.15) is 0 Å². The van der Waals surface area contributed by atoms with E-state index in [2.05, 4.69) is 0 Å². The number of hydrogen-bond acceptors (Lipinski definition) is 7. The van der Waals surface area contributed by atoms with Gasteiger partial charge in [0.05, 0.1) is 15.3 Å². The van der Waals surface area contributed by atoms with Crippen LogP contribution in [0.4, 0.5) is 10.5 Å². The molecule has 0 radical (unpaired) electrons. The van der Waals surface area contributed by atoms with E-state index in [4.69, 9.17) is 9.15 Å². The van der Waals surface area contributed by atoms with E-state index in [-0.39, 0.29) is 16.3 Å². The Morgan fingerprint density at radius 1 is 0.848 bits per heavy atom. The Hall–Kier alpha value is -3.95. The van der Waals surface area contributed by atoms with Gasteiger partial charge in [-0.3, -0.25) is 0 Å². The highest BCUT2D eigenvalue weighted by Crippen LogP contribution is 2.38. The molecule has 0 atom stereocenters. The van der Waals surface area contributed by atoms with Gasteiger partial charge < -0.3 is 9.15 Å². The number of carbonyl (C=O) groups excluding carboxylic acids is 1. The molecule has 1 aromatic heterocycles. The van der Waals surface area contributed by atoms with Crippen LogP contribution in [0.15, 0.2) is 105 Å². The van der Waals surface area contributed by atoms with Crippen molar-refractivity contribution < 1.29 is 22.4 Å². The topological polar surface area (TPSA) is 93.9 Å². The van der Waals surface area contributed by atoms with Gasteiger partial charge in [-0.25, -0.2) is 18.0 Å². The average molecular weight is 478 g/mol. The van der Waals surface area contributed by atoms with Crippen molar-refractivity contribution in [1.82, 2.24) is 0 Å². The average Bonchev–Trinajstić information content (AvgIpc) is 3.21. The number of benzene rings is 4. The zero-order chi connectivity index (χ0) is 23.0. The molecule has 1 amide bonds. The lowest BCUT2D eigenvalue weighted by Gasteiger charge is -2.23. The van der Waals surface area contributed by atoms with E-state index in [9.17, 15) is 18.0 Å². The predicted molar refractivity (Wildman–Crippen MR) is 126 cm³/mol. The Morgan fingerprint density at radius 2 is 1.45 bits per heavy atom. The molecule has 4 aromatic carbocycles. The Labute approximate surface area is 192 Å². The van der Waals surface area contributed by atoms with Gasteiger partial charge in [-0.15, -0.1) is 0 Å². The normalized spacial score (nSPS) is 11.5. The first kappa shape index (κ1) is 20.9. The van der Waals surface area contributed by atoms with Gasteiger partial charge in [0.15, 0.2) is 5.58 Å². The van der Waals surface area contributed by atoms with Crippen LogP contribution in [0, 0.1) is 0 Å². The minimum Gasteiger partial charge on any atom is -0.413 e. The summed E-state index contributed by atoms with van der Waals surface area (Å²) in [6, 6.07) is 24.1. The molecule has 0 fully saturated rings. The summed E-state index contributed by atoms with van der Waals surface area (Å²) in [5.74, 6) is 0.189. The van der Waals surface area contributed by atoms with E-state index in [0.29, 0.717) is 25.4 Å². The molecule has 0 saturated carbocycles. The predicted octanol–water partition coefficient (Wildman–Crippen LogP) is 5.40. The number of amides is 1. The molecule has 7 nitrogen and oxygen atoms in total. The van der Waals surface area contributed by atoms with Crippen LogP contribution in [-0.4, -0.2) is 14.5 Å². The molecule has 0 bridgehead atoms. The second-order valence-electron chi connectivity index (χ2n) is 6.99. The van der Waals surface area contributed by atoms with E-state index in [0.717, 1.165) is 11.3 Å². The largest absolute Gasteiger partial charge is 0.434 e. The first-order valence-electron chi connectivity index (χ1n) is 9.78. The lowest BCUT2D eigenvalue weighted by molar-refractivity contribution is 0.211. The number of ether oxygens (including phenoxy) is 1. The quantitative estimate of drug-likeness (QED) is 0.344. The van der Waals surface area contributed by atoms with Crippen LogP contribution >= 0.6 is 11.3 Å². The highest BCUT2D eigenvalue weighted by molar-refractivity contribution is 7.93. The molecule has 33 heavy (non-hydrogen) atoms. The number of carbonyl (C=O) groups is 1. The number of rotatable bonds is 4. The first-order chi connectivity index (χ1) is 15.9. The molecule has 0 aliphatic rings. The maximum Gasteiger partial charge on any atom is 0.434 e. The molecule has 164 valence electrons. The summed E-state index contributed by atoms with van der Waals surface area (Å²) in [7, 11) is -4.37.